The summed E-state index contributed by atoms with van der Waals surface area (Å²) in [5.74, 6) is -2.07. The third kappa shape index (κ3) is 2.93. The molecule has 0 aliphatic rings. The lowest BCUT2D eigenvalue weighted by molar-refractivity contribution is 0.0936. The van der Waals surface area contributed by atoms with Crippen LogP contribution in [0.25, 0.3) is 0 Å². The molecule has 1 unspecified atom stereocenters. The van der Waals surface area contributed by atoms with Crippen molar-refractivity contribution in [2.75, 3.05) is 0 Å². The van der Waals surface area contributed by atoms with Gasteiger partial charge in [-0.15, -0.1) is 0 Å². The average molecular weight is 277 g/mol. The molecule has 0 bridgehead atoms. The second-order valence-corrected chi connectivity index (χ2v) is 4.38. The topological polar surface area (TPSA) is 49.3 Å². The third-order valence-electron chi connectivity index (χ3n) is 2.92. The number of phenols is 1. The van der Waals surface area contributed by atoms with Crippen LogP contribution in [0.4, 0.5) is 8.78 Å². The lowest BCUT2D eigenvalue weighted by atomic mass is 10.1. The summed E-state index contributed by atoms with van der Waals surface area (Å²) in [6.07, 6.45) is 0. The summed E-state index contributed by atoms with van der Waals surface area (Å²) < 4.78 is 26.7. The first-order valence-electron chi connectivity index (χ1n) is 6.03. The van der Waals surface area contributed by atoms with E-state index in [4.69, 9.17) is 0 Å². The molecule has 2 aromatic rings. The minimum absolute atomic E-state index is 0.187. The van der Waals surface area contributed by atoms with E-state index in [2.05, 4.69) is 5.32 Å². The maximum absolute atomic E-state index is 13.6. The summed E-state index contributed by atoms with van der Waals surface area (Å²) >= 11 is 0. The van der Waals surface area contributed by atoms with Crippen molar-refractivity contribution in [2.45, 2.75) is 13.0 Å². The molecule has 0 radical (unpaired) electrons. The number of phenolic OH excluding ortho intramolecular Hbond substituents is 1. The minimum atomic E-state index is -0.669. The van der Waals surface area contributed by atoms with E-state index in [1.165, 1.54) is 6.07 Å². The predicted molar refractivity (Wildman–Crippen MR) is 70.3 cm³/mol. The highest BCUT2D eigenvalue weighted by Gasteiger charge is 2.17. The van der Waals surface area contributed by atoms with Gasteiger partial charge in [0.25, 0.3) is 5.91 Å². The molecule has 104 valence electrons. The molecular weight excluding hydrogens is 264 g/mol. The van der Waals surface area contributed by atoms with Crippen LogP contribution in [-0.2, 0) is 0 Å². The average Bonchev–Trinajstić information content (AvgIpc) is 2.41. The van der Waals surface area contributed by atoms with E-state index in [0.29, 0.717) is 5.56 Å². The number of halogens is 2. The smallest absolute Gasteiger partial charge is 0.255 e. The maximum atomic E-state index is 13.6. The number of hydrogen-bond donors (Lipinski definition) is 2. The van der Waals surface area contributed by atoms with Crippen molar-refractivity contribution in [1.82, 2.24) is 5.32 Å². The van der Waals surface area contributed by atoms with Crippen LogP contribution in [0.5, 0.6) is 5.75 Å². The summed E-state index contributed by atoms with van der Waals surface area (Å²) in [4.78, 5) is 12.0. The van der Waals surface area contributed by atoms with Crippen LogP contribution >= 0.6 is 0 Å². The largest absolute Gasteiger partial charge is 0.507 e. The van der Waals surface area contributed by atoms with Gasteiger partial charge >= 0.3 is 0 Å². The van der Waals surface area contributed by atoms with Crippen molar-refractivity contribution < 1.29 is 18.7 Å². The summed E-state index contributed by atoms with van der Waals surface area (Å²) in [5, 5.41) is 12.1. The Balaban J connectivity index is 2.20. The highest BCUT2D eigenvalue weighted by atomic mass is 19.1. The number of benzene rings is 2. The zero-order valence-electron chi connectivity index (χ0n) is 10.7. The quantitative estimate of drug-likeness (QED) is 0.905. The molecule has 1 atom stereocenters. The number of amides is 1. The van der Waals surface area contributed by atoms with E-state index in [9.17, 15) is 18.7 Å². The van der Waals surface area contributed by atoms with Crippen LogP contribution < -0.4 is 5.32 Å². The zero-order valence-corrected chi connectivity index (χ0v) is 10.7. The lowest BCUT2D eigenvalue weighted by Gasteiger charge is -2.15. The number of nitrogens with one attached hydrogen (secondary N) is 1. The first kappa shape index (κ1) is 14.0. The molecular formula is C15H13F2NO2. The molecule has 0 saturated carbocycles. The Hall–Kier alpha value is -2.43. The van der Waals surface area contributed by atoms with Gasteiger partial charge < -0.3 is 10.4 Å². The van der Waals surface area contributed by atoms with Crippen molar-refractivity contribution in [3.63, 3.8) is 0 Å². The fourth-order valence-corrected chi connectivity index (χ4v) is 1.87. The molecule has 2 N–H and O–H groups in total. The molecule has 20 heavy (non-hydrogen) atoms. The van der Waals surface area contributed by atoms with E-state index in [1.54, 1.807) is 25.1 Å². The van der Waals surface area contributed by atoms with E-state index in [-0.39, 0.29) is 11.3 Å². The number of carbonyl (C=O) groups excluding carboxylic acids is 1. The van der Waals surface area contributed by atoms with Crippen molar-refractivity contribution in [1.29, 1.82) is 0 Å². The molecule has 0 aromatic heterocycles. The normalized spacial score (nSPS) is 11.9. The molecule has 0 saturated heterocycles. The van der Waals surface area contributed by atoms with E-state index >= 15 is 0 Å². The van der Waals surface area contributed by atoms with E-state index in [1.807, 2.05) is 0 Å². The Bertz CT molecular complexity index is 644. The van der Waals surface area contributed by atoms with Crippen molar-refractivity contribution in [3.05, 3.63) is 65.2 Å². The van der Waals surface area contributed by atoms with Crippen LogP contribution in [0.2, 0.25) is 0 Å². The molecule has 0 aliphatic heterocycles. The zero-order chi connectivity index (χ0) is 14.7. The van der Waals surface area contributed by atoms with Gasteiger partial charge in [-0.2, -0.15) is 0 Å². The molecule has 0 aliphatic carbocycles. The highest BCUT2D eigenvalue weighted by Crippen LogP contribution is 2.20. The maximum Gasteiger partial charge on any atom is 0.255 e. The Labute approximate surface area is 114 Å². The molecule has 0 fully saturated rings. The van der Waals surface area contributed by atoms with Crippen LogP contribution in [0.15, 0.2) is 42.5 Å². The summed E-state index contributed by atoms with van der Waals surface area (Å²) in [7, 11) is 0. The number of rotatable bonds is 3. The van der Waals surface area contributed by atoms with E-state index in [0.717, 1.165) is 18.2 Å². The lowest BCUT2D eigenvalue weighted by Crippen LogP contribution is -2.27. The van der Waals surface area contributed by atoms with Gasteiger partial charge in [-0.3, -0.25) is 4.79 Å². The van der Waals surface area contributed by atoms with E-state index < -0.39 is 23.6 Å². The van der Waals surface area contributed by atoms with Gasteiger partial charge in [0, 0.05) is 5.56 Å². The molecule has 5 heteroatoms. The second kappa shape index (κ2) is 5.69. The van der Waals surface area contributed by atoms with Gasteiger partial charge in [-0.1, -0.05) is 18.2 Å². The molecule has 2 rings (SSSR count). The van der Waals surface area contributed by atoms with Gasteiger partial charge in [0.1, 0.15) is 17.4 Å². The fraction of sp³-hybridized carbons (Fsp3) is 0.133. The number of carbonyl (C=O) groups is 1. The van der Waals surface area contributed by atoms with Crippen molar-refractivity contribution >= 4 is 5.91 Å². The summed E-state index contributed by atoms with van der Waals surface area (Å²) in [6.45, 7) is 1.60. The predicted octanol–water partition coefficient (Wildman–Crippen LogP) is 3.16. The molecule has 0 spiro atoms. The number of hydrogen-bond acceptors (Lipinski definition) is 2. The Kier molecular flexibility index (Phi) is 3.98. The van der Waals surface area contributed by atoms with Gasteiger partial charge in [-0.25, -0.2) is 8.78 Å². The van der Waals surface area contributed by atoms with Crippen molar-refractivity contribution in [3.8, 4) is 5.75 Å². The molecule has 2 aromatic carbocycles. The van der Waals surface area contributed by atoms with Gasteiger partial charge in [0.15, 0.2) is 0 Å². The van der Waals surface area contributed by atoms with Gasteiger partial charge in [-0.05, 0) is 31.2 Å². The minimum Gasteiger partial charge on any atom is -0.507 e. The van der Waals surface area contributed by atoms with Crippen LogP contribution in [-0.4, -0.2) is 11.0 Å². The Morgan fingerprint density at radius 3 is 2.60 bits per heavy atom. The number of aromatic hydroxyl groups is 1. The van der Waals surface area contributed by atoms with Gasteiger partial charge in [0.05, 0.1) is 11.6 Å². The second-order valence-electron chi connectivity index (χ2n) is 4.38. The summed E-state index contributed by atoms with van der Waals surface area (Å²) in [5.41, 5.74) is 0.130. The monoisotopic (exact) mass is 277 g/mol. The Morgan fingerprint density at radius 2 is 1.90 bits per heavy atom. The van der Waals surface area contributed by atoms with Crippen LogP contribution in [0.1, 0.15) is 28.9 Å². The Morgan fingerprint density at radius 1 is 1.20 bits per heavy atom. The first-order chi connectivity index (χ1) is 9.49. The first-order valence-corrected chi connectivity index (χ1v) is 6.03. The highest BCUT2D eigenvalue weighted by molar-refractivity contribution is 5.97. The van der Waals surface area contributed by atoms with Crippen LogP contribution in [0.3, 0.4) is 0 Å². The third-order valence-corrected chi connectivity index (χ3v) is 2.92. The van der Waals surface area contributed by atoms with Crippen LogP contribution in [0, 0.1) is 11.6 Å². The SMILES string of the molecule is CC(NC(=O)c1cc(F)ccc1O)c1ccccc1F. The van der Waals surface area contributed by atoms with Gasteiger partial charge in [0.2, 0.25) is 0 Å². The van der Waals surface area contributed by atoms with Crippen molar-refractivity contribution in [2.24, 2.45) is 0 Å². The summed E-state index contributed by atoms with van der Waals surface area (Å²) in [6, 6.07) is 8.50. The molecule has 0 heterocycles. The molecule has 3 nitrogen and oxygen atoms in total. The molecule has 1 amide bonds. The standard InChI is InChI=1S/C15H13F2NO2/c1-9(11-4-2-3-5-13(11)17)18-15(20)12-8-10(16)6-7-14(12)19/h2-9,19H,1H3,(H,18,20). The fourth-order valence-electron chi connectivity index (χ4n) is 1.87.